The predicted octanol–water partition coefficient (Wildman–Crippen LogP) is 1.34. The van der Waals surface area contributed by atoms with E-state index in [2.05, 4.69) is 27.7 Å². The first-order valence-electron chi connectivity index (χ1n) is 6.48. The quantitative estimate of drug-likeness (QED) is 0.721. The second-order valence-electron chi connectivity index (χ2n) is 4.70. The molecule has 3 nitrogen and oxygen atoms in total. The van der Waals surface area contributed by atoms with E-state index in [-0.39, 0.29) is 6.10 Å². The lowest BCUT2D eigenvalue weighted by Gasteiger charge is -2.19. The van der Waals surface area contributed by atoms with Crippen molar-refractivity contribution in [3.8, 4) is 0 Å². The van der Waals surface area contributed by atoms with Crippen molar-refractivity contribution in [2.45, 2.75) is 25.4 Å². The zero-order valence-electron chi connectivity index (χ0n) is 10.3. The molecule has 0 bridgehead atoms. The lowest BCUT2D eigenvalue weighted by atomic mass is 10.3. The summed E-state index contributed by atoms with van der Waals surface area (Å²) in [6.45, 7) is 4.81. The van der Waals surface area contributed by atoms with Crippen LogP contribution >= 0.6 is 11.3 Å². The number of aliphatic hydroxyl groups is 1. The number of β-amino-alcohol motifs (C(OH)–C–C–N with tert-alkyl or cyclic N) is 1. The van der Waals surface area contributed by atoms with Gasteiger partial charge in [0.15, 0.2) is 0 Å². The van der Waals surface area contributed by atoms with E-state index >= 15 is 0 Å². The van der Waals surface area contributed by atoms with Gasteiger partial charge in [0.1, 0.15) is 0 Å². The molecule has 17 heavy (non-hydrogen) atoms. The molecule has 1 aromatic rings. The van der Waals surface area contributed by atoms with Crippen LogP contribution in [-0.4, -0.2) is 48.8 Å². The number of thiophene rings is 1. The highest BCUT2D eigenvalue weighted by Crippen LogP contribution is 2.08. The summed E-state index contributed by atoms with van der Waals surface area (Å²) in [6, 6.07) is 4.25. The molecule has 0 saturated carbocycles. The molecule has 1 aliphatic rings. The molecule has 0 aromatic carbocycles. The van der Waals surface area contributed by atoms with Crippen molar-refractivity contribution in [1.82, 2.24) is 10.2 Å². The molecule has 0 amide bonds. The van der Waals surface area contributed by atoms with Crippen molar-refractivity contribution < 1.29 is 5.11 Å². The molecule has 2 heterocycles. The molecule has 2 rings (SSSR count). The summed E-state index contributed by atoms with van der Waals surface area (Å²) in [5.74, 6) is 0. The summed E-state index contributed by atoms with van der Waals surface area (Å²) >= 11 is 1.80. The van der Waals surface area contributed by atoms with Crippen LogP contribution in [0.25, 0.3) is 0 Å². The predicted molar refractivity (Wildman–Crippen MR) is 72.6 cm³/mol. The Labute approximate surface area is 107 Å². The van der Waals surface area contributed by atoms with Gasteiger partial charge in [0.2, 0.25) is 0 Å². The van der Waals surface area contributed by atoms with E-state index < -0.39 is 0 Å². The van der Waals surface area contributed by atoms with E-state index in [0.29, 0.717) is 6.54 Å². The van der Waals surface area contributed by atoms with Crippen LogP contribution in [0.15, 0.2) is 17.5 Å². The average Bonchev–Trinajstić information content (AvgIpc) is 2.96. The smallest absolute Gasteiger partial charge is 0.0791 e. The molecule has 0 radical (unpaired) electrons. The third kappa shape index (κ3) is 4.76. The van der Waals surface area contributed by atoms with Gasteiger partial charge in [0, 0.05) is 24.5 Å². The van der Waals surface area contributed by atoms with E-state index in [9.17, 15) is 5.11 Å². The highest BCUT2D eigenvalue weighted by atomic mass is 32.1. The van der Waals surface area contributed by atoms with Gasteiger partial charge in [-0.3, -0.25) is 0 Å². The number of nitrogens with zero attached hydrogens (tertiary/aromatic N) is 1. The van der Waals surface area contributed by atoms with E-state index in [1.54, 1.807) is 11.3 Å². The number of hydrogen-bond acceptors (Lipinski definition) is 4. The van der Waals surface area contributed by atoms with Gasteiger partial charge in [-0.1, -0.05) is 6.07 Å². The topological polar surface area (TPSA) is 35.5 Å². The average molecular weight is 254 g/mol. The van der Waals surface area contributed by atoms with Crippen molar-refractivity contribution >= 4 is 11.3 Å². The van der Waals surface area contributed by atoms with E-state index in [0.717, 1.165) is 32.6 Å². The zero-order valence-corrected chi connectivity index (χ0v) is 11.1. The van der Waals surface area contributed by atoms with Crippen LogP contribution in [0.3, 0.4) is 0 Å². The molecule has 2 N–H and O–H groups in total. The van der Waals surface area contributed by atoms with Gasteiger partial charge in [-0.05, 0) is 43.8 Å². The molecule has 0 aliphatic carbocycles. The van der Waals surface area contributed by atoms with Gasteiger partial charge >= 0.3 is 0 Å². The van der Waals surface area contributed by atoms with Crippen LogP contribution < -0.4 is 5.32 Å². The molecule has 96 valence electrons. The number of likely N-dealkylation sites (tertiary alicyclic amines) is 1. The normalized spacial score (nSPS) is 18.6. The Balaban J connectivity index is 1.52. The lowest BCUT2D eigenvalue weighted by molar-refractivity contribution is 0.124. The fourth-order valence-corrected chi connectivity index (χ4v) is 2.97. The maximum atomic E-state index is 9.87. The Morgan fingerprint density at radius 3 is 2.94 bits per heavy atom. The standard InChI is InChI=1S/C13H22N2OS/c16-12(11-15-7-1-2-8-15)10-14-6-5-13-4-3-9-17-13/h3-4,9,12,14,16H,1-2,5-8,10-11H2. The monoisotopic (exact) mass is 254 g/mol. The molecule has 1 atom stereocenters. The Bertz CT molecular complexity index is 296. The molecule has 1 aliphatic heterocycles. The molecule has 0 spiro atoms. The fraction of sp³-hybridized carbons (Fsp3) is 0.692. The van der Waals surface area contributed by atoms with Crippen molar-refractivity contribution in [1.29, 1.82) is 0 Å². The van der Waals surface area contributed by atoms with E-state index in [1.165, 1.54) is 17.7 Å². The summed E-state index contributed by atoms with van der Waals surface area (Å²) in [7, 11) is 0. The van der Waals surface area contributed by atoms with Crippen molar-refractivity contribution in [2.24, 2.45) is 0 Å². The first-order chi connectivity index (χ1) is 8.34. The minimum atomic E-state index is -0.226. The van der Waals surface area contributed by atoms with Crippen LogP contribution in [-0.2, 0) is 6.42 Å². The van der Waals surface area contributed by atoms with Crippen LogP contribution in [0.2, 0.25) is 0 Å². The molecular formula is C13H22N2OS. The van der Waals surface area contributed by atoms with Crippen LogP contribution in [0.4, 0.5) is 0 Å². The molecule has 1 fully saturated rings. The van der Waals surface area contributed by atoms with Gasteiger partial charge in [0.05, 0.1) is 6.10 Å². The van der Waals surface area contributed by atoms with Crippen LogP contribution in [0, 0.1) is 0 Å². The van der Waals surface area contributed by atoms with Gasteiger partial charge in [-0.25, -0.2) is 0 Å². The molecule has 4 heteroatoms. The highest BCUT2D eigenvalue weighted by Gasteiger charge is 2.15. The van der Waals surface area contributed by atoms with Crippen LogP contribution in [0.5, 0.6) is 0 Å². The molecule has 1 aromatic heterocycles. The van der Waals surface area contributed by atoms with Crippen LogP contribution in [0.1, 0.15) is 17.7 Å². The van der Waals surface area contributed by atoms with E-state index in [1.807, 2.05) is 0 Å². The Morgan fingerprint density at radius 2 is 2.24 bits per heavy atom. The largest absolute Gasteiger partial charge is 0.390 e. The minimum absolute atomic E-state index is 0.226. The van der Waals surface area contributed by atoms with Gasteiger partial charge < -0.3 is 15.3 Å². The SMILES string of the molecule is OC(CNCCc1cccs1)CN1CCCC1. The number of nitrogens with one attached hydrogen (secondary N) is 1. The summed E-state index contributed by atoms with van der Waals surface area (Å²) in [4.78, 5) is 3.76. The zero-order chi connectivity index (χ0) is 11.9. The van der Waals surface area contributed by atoms with Crippen molar-refractivity contribution in [3.05, 3.63) is 22.4 Å². The summed E-state index contributed by atoms with van der Waals surface area (Å²) < 4.78 is 0. The highest BCUT2D eigenvalue weighted by molar-refractivity contribution is 7.09. The van der Waals surface area contributed by atoms with Gasteiger partial charge in [-0.15, -0.1) is 11.3 Å². The number of rotatable bonds is 7. The third-order valence-corrected chi connectivity index (χ3v) is 4.11. The lowest BCUT2D eigenvalue weighted by Crippen LogP contribution is -2.37. The molecular weight excluding hydrogens is 232 g/mol. The number of hydrogen-bond donors (Lipinski definition) is 2. The summed E-state index contributed by atoms with van der Waals surface area (Å²) in [6.07, 6.45) is 3.42. The maximum absolute atomic E-state index is 9.87. The summed E-state index contributed by atoms with van der Waals surface area (Å²) in [5.41, 5.74) is 0. The Morgan fingerprint density at radius 1 is 1.41 bits per heavy atom. The van der Waals surface area contributed by atoms with Crippen molar-refractivity contribution in [3.63, 3.8) is 0 Å². The third-order valence-electron chi connectivity index (χ3n) is 3.18. The first kappa shape index (κ1) is 13.0. The second-order valence-corrected chi connectivity index (χ2v) is 5.73. The Kier molecular flexibility index (Phi) is 5.45. The maximum Gasteiger partial charge on any atom is 0.0791 e. The number of aliphatic hydroxyl groups excluding tert-OH is 1. The second kappa shape index (κ2) is 7.11. The summed E-state index contributed by atoms with van der Waals surface area (Å²) in [5, 5.41) is 15.3. The van der Waals surface area contributed by atoms with Gasteiger partial charge in [-0.2, -0.15) is 0 Å². The first-order valence-corrected chi connectivity index (χ1v) is 7.36. The van der Waals surface area contributed by atoms with Gasteiger partial charge in [0.25, 0.3) is 0 Å². The molecule has 1 unspecified atom stereocenters. The fourth-order valence-electron chi connectivity index (χ4n) is 2.26. The Hall–Kier alpha value is -0.420. The van der Waals surface area contributed by atoms with E-state index in [4.69, 9.17) is 0 Å². The minimum Gasteiger partial charge on any atom is -0.390 e. The van der Waals surface area contributed by atoms with Crippen molar-refractivity contribution in [2.75, 3.05) is 32.7 Å². The molecule has 1 saturated heterocycles.